The predicted octanol–water partition coefficient (Wildman–Crippen LogP) is 1.44. The second-order valence-corrected chi connectivity index (χ2v) is 2.74. The number of carbonyl (C=O) groups is 1. The first-order valence-corrected chi connectivity index (χ1v) is 4.52. The van der Waals surface area contributed by atoms with Gasteiger partial charge in [0.05, 0.1) is 6.61 Å². The quantitative estimate of drug-likeness (QED) is 0.712. The molecule has 1 rings (SSSR count). The van der Waals surface area contributed by atoms with Gasteiger partial charge in [-0.1, -0.05) is 30.3 Å². The molecular formula is C10H14N2O2. The number of amides is 2. The topological polar surface area (TPSA) is 50.4 Å². The van der Waals surface area contributed by atoms with E-state index in [0.717, 1.165) is 5.56 Å². The minimum Gasteiger partial charge on any atom is -0.337 e. The summed E-state index contributed by atoms with van der Waals surface area (Å²) in [4.78, 5) is 15.9. The van der Waals surface area contributed by atoms with Crippen molar-refractivity contribution in [2.24, 2.45) is 0 Å². The van der Waals surface area contributed by atoms with Gasteiger partial charge < -0.3 is 5.32 Å². The largest absolute Gasteiger partial charge is 0.338 e. The van der Waals surface area contributed by atoms with Gasteiger partial charge in [0, 0.05) is 6.54 Å². The molecule has 0 radical (unpaired) electrons. The second-order valence-electron chi connectivity index (χ2n) is 2.74. The molecule has 0 bridgehead atoms. The van der Waals surface area contributed by atoms with E-state index in [1.54, 1.807) is 0 Å². The normalized spacial score (nSPS) is 9.50. The molecule has 2 amide bonds. The molecule has 4 heteroatoms. The van der Waals surface area contributed by atoms with Crippen molar-refractivity contribution < 1.29 is 9.63 Å². The first-order chi connectivity index (χ1) is 6.83. The van der Waals surface area contributed by atoms with Gasteiger partial charge in [0.15, 0.2) is 0 Å². The van der Waals surface area contributed by atoms with Gasteiger partial charge in [-0.05, 0) is 12.5 Å². The summed E-state index contributed by atoms with van der Waals surface area (Å²) in [6.07, 6.45) is 0. The third kappa shape index (κ3) is 3.91. The predicted molar refractivity (Wildman–Crippen MR) is 53.4 cm³/mol. The van der Waals surface area contributed by atoms with Crippen molar-refractivity contribution >= 4 is 6.03 Å². The summed E-state index contributed by atoms with van der Waals surface area (Å²) >= 11 is 0. The maximum Gasteiger partial charge on any atom is 0.338 e. The van der Waals surface area contributed by atoms with Gasteiger partial charge in [0.2, 0.25) is 0 Å². The molecule has 0 saturated carbocycles. The molecular weight excluding hydrogens is 180 g/mol. The Hall–Kier alpha value is -1.55. The summed E-state index contributed by atoms with van der Waals surface area (Å²) in [5, 5.41) is 2.56. The zero-order valence-electron chi connectivity index (χ0n) is 8.12. The smallest absolute Gasteiger partial charge is 0.337 e. The minimum absolute atomic E-state index is 0.316. The number of nitrogens with one attached hydrogen (secondary N) is 2. The fraction of sp³-hybridized carbons (Fsp3) is 0.300. The van der Waals surface area contributed by atoms with E-state index in [9.17, 15) is 4.79 Å². The fourth-order valence-electron chi connectivity index (χ4n) is 0.956. The average Bonchev–Trinajstić information content (AvgIpc) is 2.20. The number of hydrogen-bond acceptors (Lipinski definition) is 2. The minimum atomic E-state index is -0.316. The van der Waals surface area contributed by atoms with Crippen LogP contribution >= 0.6 is 0 Å². The molecule has 76 valence electrons. The highest BCUT2D eigenvalue weighted by Gasteiger charge is 1.96. The third-order valence-electron chi connectivity index (χ3n) is 1.58. The summed E-state index contributed by atoms with van der Waals surface area (Å²) in [7, 11) is 0. The first kappa shape index (κ1) is 10.5. The van der Waals surface area contributed by atoms with Crippen LogP contribution in [0.1, 0.15) is 12.5 Å². The summed E-state index contributed by atoms with van der Waals surface area (Å²) in [6, 6.07) is 9.32. The highest BCUT2D eigenvalue weighted by molar-refractivity contribution is 5.72. The SMILES string of the molecule is CCNC(=O)NOCc1ccccc1. The van der Waals surface area contributed by atoms with E-state index in [1.165, 1.54) is 0 Å². The summed E-state index contributed by atoms with van der Waals surface area (Å²) in [5.74, 6) is 0. The van der Waals surface area contributed by atoms with Gasteiger partial charge in [-0.15, -0.1) is 0 Å². The van der Waals surface area contributed by atoms with Crippen LogP contribution in [-0.2, 0) is 11.4 Å². The Morgan fingerprint density at radius 1 is 1.36 bits per heavy atom. The standard InChI is InChI=1S/C10H14N2O2/c1-2-11-10(13)12-14-8-9-6-4-3-5-7-9/h3-7H,2,8H2,1H3,(H2,11,12,13). The highest BCUT2D eigenvalue weighted by Crippen LogP contribution is 1.98. The summed E-state index contributed by atoms with van der Waals surface area (Å²) in [6.45, 7) is 2.80. The zero-order valence-corrected chi connectivity index (χ0v) is 8.12. The fourth-order valence-corrected chi connectivity index (χ4v) is 0.956. The number of rotatable bonds is 4. The van der Waals surface area contributed by atoms with Crippen molar-refractivity contribution in [3.63, 3.8) is 0 Å². The van der Waals surface area contributed by atoms with Gasteiger partial charge in [-0.2, -0.15) is 0 Å². The Morgan fingerprint density at radius 2 is 2.07 bits per heavy atom. The summed E-state index contributed by atoms with van der Waals surface area (Å²) in [5.41, 5.74) is 3.30. The number of carbonyl (C=O) groups excluding carboxylic acids is 1. The van der Waals surface area contributed by atoms with Crippen LogP contribution in [0.4, 0.5) is 4.79 Å². The van der Waals surface area contributed by atoms with E-state index in [2.05, 4.69) is 10.8 Å². The van der Waals surface area contributed by atoms with Crippen molar-refractivity contribution in [1.82, 2.24) is 10.8 Å². The van der Waals surface area contributed by atoms with Crippen molar-refractivity contribution in [3.8, 4) is 0 Å². The van der Waals surface area contributed by atoms with E-state index >= 15 is 0 Å². The van der Waals surface area contributed by atoms with E-state index in [-0.39, 0.29) is 6.03 Å². The molecule has 4 nitrogen and oxygen atoms in total. The van der Waals surface area contributed by atoms with Crippen molar-refractivity contribution in [3.05, 3.63) is 35.9 Å². The number of hydroxylamine groups is 1. The second kappa shape index (κ2) is 5.99. The molecule has 0 spiro atoms. The molecule has 0 aliphatic carbocycles. The highest BCUT2D eigenvalue weighted by atomic mass is 16.7. The zero-order chi connectivity index (χ0) is 10.2. The average molecular weight is 194 g/mol. The van der Waals surface area contributed by atoms with E-state index in [0.29, 0.717) is 13.2 Å². The Morgan fingerprint density at radius 3 is 2.71 bits per heavy atom. The monoisotopic (exact) mass is 194 g/mol. The molecule has 0 atom stereocenters. The maximum absolute atomic E-state index is 10.9. The Bertz CT molecular complexity index is 275. The number of benzene rings is 1. The molecule has 14 heavy (non-hydrogen) atoms. The third-order valence-corrected chi connectivity index (χ3v) is 1.58. The Balaban J connectivity index is 2.19. The lowest BCUT2D eigenvalue weighted by atomic mass is 10.2. The van der Waals surface area contributed by atoms with Crippen LogP contribution in [0.5, 0.6) is 0 Å². The van der Waals surface area contributed by atoms with Gasteiger partial charge in [-0.25, -0.2) is 10.3 Å². The molecule has 1 aromatic carbocycles. The Labute approximate surface area is 83.2 Å². The maximum atomic E-state index is 10.9. The van der Waals surface area contributed by atoms with Crippen LogP contribution in [0.3, 0.4) is 0 Å². The molecule has 0 saturated heterocycles. The van der Waals surface area contributed by atoms with Crippen LogP contribution in [0.2, 0.25) is 0 Å². The lowest BCUT2D eigenvalue weighted by Crippen LogP contribution is -2.35. The molecule has 0 heterocycles. The molecule has 1 aromatic rings. The van der Waals surface area contributed by atoms with Gasteiger partial charge >= 0.3 is 6.03 Å². The van der Waals surface area contributed by atoms with E-state index in [4.69, 9.17) is 4.84 Å². The lowest BCUT2D eigenvalue weighted by Gasteiger charge is -2.05. The van der Waals surface area contributed by atoms with Crippen molar-refractivity contribution in [1.29, 1.82) is 0 Å². The molecule has 0 unspecified atom stereocenters. The number of urea groups is 1. The van der Waals surface area contributed by atoms with E-state index < -0.39 is 0 Å². The van der Waals surface area contributed by atoms with Crippen LogP contribution in [-0.4, -0.2) is 12.6 Å². The van der Waals surface area contributed by atoms with Crippen molar-refractivity contribution in [2.75, 3.05) is 6.54 Å². The van der Waals surface area contributed by atoms with Gasteiger partial charge in [0.25, 0.3) is 0 Å². The first-order valence-electron chi connectivity index (χ1n) is 4.52. The Kier molecular flexibility index (Phi) is 4.50. The van der Waals surface area contributed by atoms with Gasteiger partial charge in [0.1, 0.15) is 0 Å². The van der Waals surface area contributed by atoms with Crippen LogP contribution < -0.4 is 10.8 Å². The lowest BCUT2D eigenvalue weighted by molar-refractivity contribution is 0.0492. The summed E-state index contributed by atoms with van der Waals surface area (Å²) < 4.78 is 0. The van der Waals surface area contributed by atoms with Crippen molar-refractivity contribution in [2.45, 2.75) is 13.5 Å². The van der Waals surface area contributed by atoms with E-state index in [1.807, 2.05) is 37.3 Å². The van der Waals surface area contributed by atoms with Crippen LogP contribution in [0, 0.1) is 0 Å². The molecule has 0 aliphatic heterocycles. The molecule has 2 N–H and O–H groups in total. The number of hydrogen-bond donors (Lipinski definition) is 2. The van der Waals surface area contributed by atoms with Gasteiger partial charge in [-0.3, -0.25) is 4.84 Å². The molecule has 0 aromatic heterocycles. The molecule has 0 fully saturated rings. The van der Waals surface area contributed by atoms with Crippen LogP contribution in [0.15, 0.2) is 30.3 Å². The van der Waals surface area contributed by atoms with Crippen LogP contribution in [0.25, 0.3) is 0 Å². The molecule has 0 aliphatic rings.